The highest BCUT2D eigenvalue weighted by Crippen LogP contribution is 2.43. The van der Waals surface area contributed by atoms with Crippen molar-refractivity contribution in [3.8, 4) is 17.6 Å². The lowest BCUT2D eigenvalue weighted by atomic mass is 9.73. The minimum atomic E-state index is -0.290. The molecule has 2 aliphatic rings. The Labute approximate surface area is 204 Å². The Morgan fingerprint density at radius 1 is 1.03 bits per heavy atom. The first-order valence-corrected chi connectivity index (χ1v) is 11.5. The molecule has 0 spiro atoms. The molecule has 1 N–H and O–H groups in total. The minimum absolute atomic E-state index is 0.0146. The van der Waals surface area contributed by atoms with Gasteiger partial charge in [-0.3, -0.25) is 14.6 Å². The molecule has 0 saturated carbocycles. The highest BCUT2D eigenvalue weighted by molar-refractivity contribution is 5.97. The lowest BCUT2D eigenvalue weighted by Crippen LogP contribution is -2.73. The summed E-state index contributed by atoms with van der Waals surface area (Å²) in [4.78, 5) is 33.1. The van der Waals surface area contributed by atoms with Crippen LogP contribution in [0.25, 0.3) is 0 Å². The van der Waals surface area contributed by atoms with Crippen LogP contribution in [0.1, 0.15) is 33.0 Å². The number of carbonyl (C=O) groups excluding carboxylic acids is 2. The molecule has 0 bridgehead atoms. The Morgan fingerprint density at radius 3 is 2.26 bits per heavy atom. The second-order valence-electron chi connectivity index (χ2n) is 8.67. The first kappa shape index (κ1) is 22.6. The maximum atomic E-state index is 12.9. The SMILES string of the molecule is COc1ccc(C#Cc2ccc([C@H]3[C@H]4CN(C(=O)c5ccncc5)CC(=O)N4[C@H]3CO)cc2)cc1. The number of amides is 2. The van der Waals surface area contributed by atoms with Crippen LogP contribution in [-0.4, -0.2) is 70.6 Å². The summed E-state index contributed by atoms with van der Waals surface area (Å²) in [5, 5.41) is 10.0. The van der Waals surface area contributed by atoms with Gasteiger partial charge in [0.25, 0.3) is 5.91 Å². The number of methoxy groups -OCH3 is 1. The largest absolute Gasteiger partial charge is 0.497 e. The van der Waals surface area contributed by atoms with Crippen molar-refractivity contribution in [2.75, 3.05) is 26.8 Å². The van der Waals surface area contributed by atoms with E-state index in [9.17, 15) is 14.7 Å². The highest BCUT2D eigenvalue weighted by Gasteiger charge is 2.54. The lowest BCUT2D eigenvalue weighted by molar-refractivity contribution is -0.159. The highest BCUT2D eigenvalue weighted by atomic mass is 16.5. The number of benzene rings is 2. The number of aromatic nitrogens is 1. The van der Waals surface area contributed by atoms with Crippen LogP contribution in [0.15, 0.2) is 73.1 Å². The number of hydrogen-bond acceptors (Lipinski definition) is 5. The molecule has 3 atom stereocenters. The Kier molecular flexibility index (Phi) is 6.21. The van der Waals surface area contributed by atoms with E-state index in [4.69, 9.17) is 4.74 Å². The average Bonchev–Trinajstić information content (AvgIpc) is 2.89. The quantitative estimate of drug-likeness (QED) is 0.596. The van der Waals surface area contributed by atoms with E-state index < -0.39 is 0 Å². The Bertz CT molecular complexity index is 1280. The predicted octanol–water partition coefficient (Wildman–Crippen LogP) is 2.30. The van der Waals surface area contributed by atoms with E-state index in [-0.39, 0.29) is 43.0 Å². The number of rotatable bonds is 4. The van der Waals surface area contributed by atoms with Crippen molar-refractivity contribution in [3.05, 3.63) is 95.3 Å². The number of hydrogen-bond donors (Lipinski definition) is 1. The zero-order valence-electron chi connectivity index (χ0n) is 19.3. The van der Waals surface area contributed by atoms with Crippen molar-refractivity contribution in [2.24, 2.45) is 0 Å². The van der Waals surface area contributed by atoms with E-state index in [1.807, 2.05) is 48.5 Å². The number of piperazine rings is 1. The number of aliphatic hydroxyl groups excluding tert-OH is 1. The summed E-state index contributed by atoms with van der Waals surface area (Å²) >= 11 is 0. The van der Waals surface area contributed by atoms with E-state index in [2.05, 4.69) is 16.8 Å². The molecule has 3 aromatic rings. The van der Waals surface area contributed by atoms with Crippen molar-refractivity contribution in [2.45, 2.75) is 18.0 Å². The summed E-state index contributed by atoms with van der Waals surface area (Å²) in [6.07, 6.45) is 3.14. The van der Waals surface area contributed by atoms with Crippen molar-refractivity contribution >= 4 is 11.8 Å². The zero-order chi connectivity index (χ0) is 24.4. The van der Waals surface area contributed by atoms with E-state index in [0.29, 0.717) is 12.1 Å². The van der Waals surface area contributed by atoms with Crippen LogP contribution >= 0.6 is 0 Å². The smallest absolute Gasteiger partial charge is 0.254 e. The molecule has 2 saturated heterocycles. The number of nitrogens with zero attached hydrogens (tertiary/aromatic N) is 3. The van der Waals surface area contributed by atoms with Gasteiger partial charge in [0.1, 0.15) is 12.3 Å². The van der Waals surface area contributed by atoms with Gasteiger partial charge in [0, 0.05) is 41.5 Å². The van der Waals surface area contributed by atoms with Crippen LogP contribution < -0.4 is 4.74 Å². The second kappa shape index (κ2) is 9.61. The van der Waals surface area contributed by atoms with E-state index in [0.717, 1.165) is 22.4 Å². The number of ether oxygens (including phenoxy) is 1. The van der Waals surface area contributed by atoms with Crippen LogP contribution in [0.5, 0.6) is 5.75 Å². The fraction of sp³-hybridized carbons (Fsp3) is 0.250. The van der Waals surface area contributed by atoms with Gasteiger partial charge >= 0.3 is 0 Å². The molecule has 1 aromatic heterocycles. The Morgan fingerprint density at radius 2 is 1.66 bits per heavy atom. The van der Waals surface area contributed by atoms with E-state index >= 15 is 0 Å². The zero-order valence-corrected chi connectivity index (χ0v) is 19.3. The fourth-order valence-electron chi connectivity index (χ4n) is 4.94. The molecule has 0 unspecified atom stereocenters. The van der Waals surface area contributed by atoms with Gasteiger partial charge in [-0.1, -0.05) is 24.0 Å². The molecule has 2 aromatic carbocycles. The molecular weight excluding hydrogens is 442 g/mol. The van der Waals surface area contributed by atoms with E-state index in [1.54, 1.807) is 41.4 Å². The summed E-state index contributed by atoms with van der Waals surface area (Å²) in [6.45, 7) is 0.318. The summed E-state index contributed by atoms with van der Waals surface area (Å²) in [5.74, 6) is 6.72. The molecule has 0 aliphatic carbocycles. The molecule has 5 rings (SSSR count). The van der Waals surface area contributed by atoms with Gasteiger partial charge in [-0.15, -0.1) is 0 Å². The van der Waals surface area contributed by atoms with Gasteiger partial charge in [-0.05, 0) is 54.1 Å². The molecular formula is C28H25N3O4. The van der Waals surface area contributed by atoms with Crippen LogP contribution in [0.2, 0.25) is 0 Å². The van der Waals surface area contributed by atoms with Crippen molar-refractivity contribution in [3.63, 3.8) is 0 Å². The van der Waals surface area contributed by atoms with Crippen molar-refractivity contribution in [1.29, 1.82) is 0 Å². The molecule has 2 fully saturated rings. The summed E-state index contributed by atoms with van der Waals surface area (Å²) < 4.78 is 5.17. The maximum Gasteiger partial charge on any atom is 0.254 e. The number of aliphatic hydroxyl groups is 1. The van der Waals surface area contributed by atoms with Gasteiger partial charge in [-0.2, -0.15) is 0 Å². The standard InChI is InChI=1S/C28H25N3O4/c1-35-23-10-6-20(7-11-23)3-2-19-4-8-21(9-5-19)27-24-16-30(17-26(33)31(24)25(27)18-32)28(34)22-12-14-29-15-13-22/h4-15,24-25,27,32H,16-18H2,1H3/t24-,25+,27+/m1/s1. The second-order valence-corrected chi connectivity index (χ2v) is 8.67. The van der Waals surface area contributed by atoms with Crippen LogP contribution in [-0.2, 0) is 4.79 Å². The van der Waals surface area contributed by atoms with Gasteiger partial charge in [-0.25, -0.2) is 0 Å². The first-order valence-electron chi connectivity index (χ1n) is 11.5. The molecule has 35 heavy (non-hydrogen) atoms. The fourth-order valence-corrected chi connectivity index (χ4v) is 4.94. The molecule has 3 heterocycles. The van der Waals surface area contributed by atoms with Gasteiger partial charge in [0.15, 0.2) is 0 Å². The van der Waals surface area contributed by atoms with Gasteiger partial charge < -0.3 is 19.6 Å². The molecule has 2 aliphatic heterocycles. The summed E-state index contributed by atoms with van der Waals surface area (Å²) in [7, 11) is 1.63. The van der Waals surface area contributed by atoms with Crippen LogP contribution in [0.4, 0.5) is 0 Å². The maximum absolute atomic E-state index is 12.9. The Balaban J connectivity index is 1.33. The topological polar surface area (TPSA) is 83.0 Å². The summed E-state index contributed by atoms with van der Waals surface area (Å²) in [5.41, 5.74) is 3.29. The first-order chi connectivity index (χ1) is 17.1. The molecule has 176 valence electrons. The number of fused-ring (bicyclic) bond motifs is 1. The lowest BCUT2D eigenvalue weighted by Gasteiger charge is -2.58. The van der Waals surface area contributed by atoms with Gasteiger partial charge in [0.2, 0.25) is 5.91 Å². The third kappa shape index (κ3) is 4.36. The third-order valence-corrected chi connectivity index (χ3v) is 6.70. The number of pyridine rings is 1. The third-order valence-electron chi connectivity index (χ3n) is 6.70. The molecule has 7 heteroatoms. The van der Waals surface area contributed by atoms with Crippen molar-refractivity contribution < 1.29 is 19.4 Å². The van der Waals surface area contributed by atoms with Crippen LogP contribution in [0.3, 0.4) is 0 Å². The minimum Gasteiger partial charge on any atom is -0.497 e. The summed E-state index contributed by atoms with van der Waals surface area (Å²) in [6, 6.07) is 18.3. The van der Waals surface area contributed by atoms with Crippen molar-refractivity contribution in [1.82, 2.24) is 14.8 Å². The van der Waals surface area contributed by atoms with Gasteiger partial charge in [0.05, 0.1) is 25.8 Å². The Hall–Kier alpha value is -4.15. The monoisotopic (exact) mass is 467 g/mol. The van der Waals surface area contributed by atoms with Crippen LogP contribution in [0, 0.1) is 11.8 Å². The number of carbonyl (C=O) groups is 2. The normalized spacial score (nSPS) is 20.9. The molecule has 2 amide bonds. The van der Waals surface area contributed by atoms with E-state index in [1.165, 1.54) is 0 Å². The predicted molar refractivity (Wildman–Crippen MR) is 130 cm³/mol. The molecule has 7 nitrogen and oxygen atoms in total. The molecule has 0 radical (unpaired) electrons. The average molecular weight is 468 g/mol.